The van der Waals surface area contributed by atoms with E-state index in [2.05, 4.69) is 6.92 Å². The van der Waals surface area contributed by atoms with E-state index >= 15 is 0 Å². The number of unbranched alkanes of at least 4 members (excludes halogenated alkanes) is 2. The molecule has 1 atom stereocenters. The Morgan fingerprint density at radius 3 is 2.36 bits per heavy atom. The lowest BCUT2D eigenvalue weighted by atomic mass is 10.0. The number of halogens is 1. The summed E-state index contributed by atoms with van der Waals surface area (Å²) in [6, 6.07) is 16.1. The first-order valence-electron chi connectivity index (χ1n) is 14.0. The number of amides is 2. The molecular weight excluding hydrogens is 511 g/mol. The van der Waals surface area contributed by atoms with Crippen molar-refractivity contribution in [2.24, 2.45) is 0 Å². The van der Waals surface area contributed by atoms with E-state index in [1.54, 1.807) is 33.3 Å². The van der Waals surface area contributed by atoms with Crippen LogP contribution in [-0.4, -0.2) is 47.4 Å². The van der Waals surface area contributed by atoms with Crippen molar-refractivity contribution in [1.29, 1.82) is 0 Å². The van der Waals surface area contributed by atoms with Crippen molar-refractivity contribution in [1.82, 2.24) is 9.80 Å². The number of carbonyl (C=O) groups excluding carboxylic acids is 2. The highest BCUT2D eigenvalue weighted by molar-refractivity contribution is 7.10. The Balaban J connectivity index is 1.52. The summed E-state index contributed by atoms with van der Waals surface area (Å²) in [5.74, 6) is -0.613. The SMILES string of the molecule is CCCCCc1ccc(C(=O)N(CC(=O)N(Cc2ccc(F)cc2)Cc2sccc2C)CC2CCCO2)cc1. The van der Waals surface area contributed by atoms with Gasteiger partial charge in [-0.25, -0.2) is 4.39 Å². The van der Waals surface area contributed by atoms with Crippen LogP contribution in [-0.2, 0) is 29.0 Å². The van der Waals surface area contributed by atoms with Crippen LogP contribution in [0.15, 0.2) is 60.0 Å². The van der Waals surface area contributed by atoms with E-state index in [1.807, 2.05) is 42.6 Å². The van der Waals surface area contributed by atoms with Gasteiger partial charge in [-0.3, -0.25) is 9.59 Å². The van der Waals surface area contributed by atoms with Crippen LogP contribution >= 0.6 is 11.3 Å². The molecule has 4 rings (SSSR count). The van der Waals surface area contributed by atoms with Crippen LogP contribution in [0, 0.1) is 12.7 Å². The number of ether oxygens (including phenoxy) is 1. The van der Waals surface area contributed by atoms with Gasteiger partial charge in [0.2, 0.25) is 5.91 Å². The largest absolute Gasteiger partial charge is 0.376 e. The number of nitrogens with zero attached hydrogens (tertiary/aromatic N) is 2. The van der Waals surface area contributed by atoms with Crippen LogP contribution in [0.3, 0.4) is 0 Å². The fourth-order valence-corrected chi connectivity index (χ4v) is 5.79. The lowest BCUT2D eigenvalue weighted by molar-refractivity contribution is -0.133. The zero-order chi connectivity index (χ0) is 27.6. The van der Waals surface area contributed by atoms with Gasteiger partial charge in [-0.1, -0.05) is 44.0 Å². The number of rotatable bonds is 13. The Hall–Kier alpha value is -3.03. The number of aryl methyl sites for hydroxylation is 2. The van der Waals surface area contributed by atoms with E-state index in [0.29, 0.717) is 31.8 Å². The molecule has 1 aliphatic rings. The number of hydrogen-bond acceptors (Lipinski definition) is 4. The highest BCUT2D eigenvalue weighted by Crippen LogP contribution is 2.21. The maximum atomic E-state index is 13.8. The second kappa shape index (κ2) is 14.4. The number of benzene rings is 2. The number of thiophene rings is 1. The molecule has 1 aromatic heterocycles. The molecule has 0 aliphatic carbocycles. The van der Waals surface area contributed by atoms with Gasteiger partial charge in [0, 0.05) is 30.1 Å². The summed E-state index contributed by atoms with van der Waals surface area (Å²) in [5, 5.41) is 2.02. The normalized spacial score (nSPS) is 14.9. The van der Waals surface area contributed by atoms with Gasteiger partial charge in [-0.05, 0) is 85.0 Å². The van der Waals surface area contributed by atoms with Crippen LogP contribution < -0.4 is 0 Å². The fraction of sp³-hybridized carbons (Fsp3) is 0.438. The molecule has 0 N–H and O–H groups in total. The van der Waals surface area contributed by atoms with Crippen LogP contribution in [0.2, 0.25) is 0 Å². The second-order valence-electron chi connectivity index (χ2n) is 10.4. The third kappa shape index (κ3) is 8.48. The summed E-state index contributed by atoms with van der Waals surface area (Å²) in [7, 11) is 0. The van der Waals surface area contributed by atoms with Crippen LogP contribution in [0.5, 0.6) is 0 Å². The van der Waals surface area contributed by atoms with Crippen molar-refractivity contribution in [2.45, 2.75) is 71.6 Å². The molecule has 0 spiro atoms. The fourth-order valence-electron chi connectivity index (χ4n) is 4.87. The molecule has 39 heavy (non-hydrogen) atoms. The molecule has 1 saturated heterocycles. The summed E-state index contributed by atoms with van der Waals surface area (Å²) in [6.07, 6.45) is 6.27. The highest BCUT2D eigenvalue weighted by atomic mass is 32.1. The minimum absolute atomic E-state index is 0.0391. The van der Waals surface area contributed by atoms with E-state index in [-0.39, 0.29) is 30.3 Å². The lowest BCUT2D eigenvalue weighted by Crippen LogP contribution is -2.45. The van der Waals surface area contributed by atoms with E-state index in [1.165, 1.54) is 30.5 Å². The summed E-state index contributed by atoms with van der Waals surface area (Å²) in [6.45, 7) is 6.02. The summed E-state index contributed by atoms with van der Waals surface area (Å²) < 4.78 is 19.4. The molecule has 0 bridgehead atoms. The Morgan fingerprint density at radius 1 is 0.974 bits per heavy atom. The maximum absolute atomic E-state index is 13.8. The third-order valence-corrected chi connectivity index (χ3v) is 8.28. The summed E-state index contributed by atoms with van der Waals surface area (Å²) >= 11 is 1.61. The van der Waals surface area contributed by atoms with Crippen LogP contribution in [0.4, 0.5) is 4.39 Å². The van der Waals surface area contributed by atoms with Crippen molar-refractivity contribution < 1.29 is 18.7 Å². The van der Waals surface area contributed by atoms with Gasteiger partial charge in [-0.2, -0.15) is 0 Å². The third-order valence-electron chi connectivity index (χ3n) is 7.27. The summed E-state index contributed by atoms with van der Waals surface area (Å²) in [4.78, 5) is 32.0. The monoisotopic (exact) mass is 550 g/mol. The van der Waals surface area contributed by atoms with Gasteiger partial charge < -0.3 is 14.5 Å². The van der Waals surface area contributed by atoms with E-state index in [0.717, 1.165) is 41.7 Å². The quantitative estimate of drug-likeness (QED) is 0.221. The minimum Gasteiger partial charge on any atom is -0.376 e. The average Bonchev–Trinajstić information content (AvgIpc) is 3.61. The smallest absolute Gasteiger partial charge is 0.254 e. The predicted octanol–water partition coefficient (Wildman–Crippen LogP) is 6.78. The molecule has 0 saturated carbocycles. The summed E-state index contributed by atoms with van der Waals surface area (Å²) in [5.41, 5.74) is 3.77. The van der Waals surface area contributed by atoms with Crippen LogP contribution in [0.1, 0.15) is 71.0 Å². The highest BCUT2D eigenvalue weighted by Gasteiger charge is 2.27. The molecule has 1 fully saturated rings. The molecule has 3 aromatic rings. The molecule has 2 amide bonds. The van der Waals surface area contributed by atoms with Crippen molar-refractivity contribution in [2.75, 3.05) is 19.7 Å². The standard InChI is InChI=1S/C32H39FN2O3S/c1-3-4-5-7-25-9-13-27(14-10-25)32(37)35(21-29-8-6-18-38-29)23-31(36)34(22-30-24(2)17-19-39-30)20-26-11-15-28(33)16-12-26/h9-17,19,29H,3-8,18,20-23H2,1-2H3. The predicted molar refractivity (Wildman–Crippen MR) is 154 cm³/mol. The van der Waals surface area contributed by atoms with Gasteiger partial charge in [0.05, 0.1) is 12.6 Å². The van der Waals surface area contributed by atoms with Gasteiger partial charge in [0.25, 0.3) is 5.91 Å². The van der Waals surface area contributed by atoms with Gasteiger partial charge in [-0.15, -0.1) is 11.3 Å². The van der Waals surface area contributed by atoms with Crippen molar-refractivity contribution in [3.8, 4) is 0 Å². The number of hydrogen-bond donors (Lipinski definition) is 0. The zero-order valence-corrected chi connectivity index (χ0v) is 23.9. The number of carbonyl (C=O) groups is 2. The van der Waals surface area contributed by atoms with E-state index in [9.17, 15) is 14.0 Å². The molecular formula is C32H39FN2O3S. The first-order chi connectivity index (χ1) is 18.9. The molecule has 2 heterocycles. The Morgan fingerprint density at radius 2 is 1.72 bits per heavy atom. The Bertz CT molecular complexity index is 1200. The Kier molecular flexibility index (Phi) is 10.7. The van der Waals surface area contributed by atoms with Crippen molar-refractivity contribution in [3.05, 3.63) is 92.9 Å². The topological polar surface area (TPSA) is 49.9 Å². The zero-order valence-electron chi connectivity index (χ0n) is 23.0. The van der Waals surface area contributed by atoms with Crippen LogP contribution in [0.25, 0.3) is 0 Å². The molecule has 7 heteroatoms. The lowest BCUT2D eigenvalue weighted by Gasteiger charge is -2.29. The maximum Gasteiger partial charge on any atom is 0.254 e. The van der Waals surface area contributed by atoms with E-state index in [4.69, 9.17) is 4.74 Å². The van der Waals surface area contributed by atoms with Crippen molar-refractivity contribution >= 4 is 23.2 Å². The van der Waals surface area contributed by atoms with Gasteiger partial charge >= 0.3 is 0 Å². The molecule has 1 unspecified atom stereocenters. The molecule has 1 aliphatic heterocycles. The average molecular weight is 551 g/mol. The second-order valence-corrected chi connectivity index (χ2v) is 11.4. The van der Waals surface area contributed by atoms with E-state index < -0.39 is 0 Å². The van der Waals surface area contributed by atoms with Gasteiger partial charge in [0.15, 0.2) is 0 Å². The first kappa shape index (κ1) is 29.0. The van der Waals surface area contributed by atoms with Crippen molar-refractivity contribution in [3.63, 3.8) is 0 Å². The molecule has 0 radical (unpaired) electrons. The molecule has 2 aromatic carbocycles. The van der Waals surface area contributed by atoms with Gasteiger partial charge in [0.1, 0.15) is 12.4 Å². The molecule has 5 nitrogen and oxygen atoms in total. The molecule has 208 valence electrons. The first-order valence-corrected chi connectivity index (χ1v) is 14.9. The Labute approximate surface area is 235 Å². The minimum atomic E-state index is -0.310.